The van der Waals surface area contributed by atoms with E-state index in [1.54, 1.807) is 6.07 Å². The fourth-order valence-corrected chi connectivity index (χ4v) is 0.860. The van der Waals surface area contributed by atoms with Crippen molar-refractivity contribution in [1.29, 1.82) is 0 Å². The summed E-state index contributed by atoms with van der Waals surface area (Å²) in [5.41, 5.74) is 10.3. The van der Waals surface area contributed by atoms with Crippen LogP contribution in [-0.2, 0) is 9.59 Å². The number of aromatic nitrogens is 2. The Hall–Kier alpha value is -1.89. The van der Waals surface area contributed by atoms with Gasteiger partial charge in [0.05, 0.1) is 18.7 Å². The molecule has 2 amide bonds. The predicted molar refractivity (Wildman–Crippen MR) is 49.0 cm³/mol. The number of rotatable bonds is 4. The summed E-state index contributed by atoms with van der Waals surface area (Å²) in [5.74, 6) is -0.666. The lowest BCUT2D eigenvalue weighted by Gasteiger charge is -2.08. The van der Waals surface area contributed by atoms with Crippen LogP contribution in [0.1, 0.15) is 6.42 Å². The van der Waals surface area contributed by atoms with E-state index in [0.717, 1.165) is 0 Å². The number of nitrogens with one attached hydrogen (secondary N) is 2. The lowest BCUT2D eigenvalue weighted by molar-refractivity contribution is -0.123. The molecule has 0 radical (unpaired) electrons. The standard InChI is InChI=1S/C7H11N5O2/c8-4(3-5(9)13)7(14)11-6-1-2-10-12-6/h1-2,4H,3,8H2,(H2,9,13)(H2,10,11,12,14). The summed E-state index contributed by atoms with van der Waals surface area (Å²) in [4.78, 5) is 21.7. The van der Waals surface area contributed by atoms with E-state index in [0.29, 0.717) is 5.82 Å². The monoisotopic (exact) mass is 197 g/mol. The van der Waals surface area contributed by atoms with Crippen molar-refractivity contribution in [2.45, 2.75) is 12.5 Å². The van der Waals surface area contributed by atoms with Gasteiger partial charge in [0.25, 0.3) is 0 Å². The van der Waals surface area contributed by atoms with Crippen LogP contribution in [0.2, 0.25) is 0 Å². The molecule has 0 saturated heterocycles. The number of nitrogens with zero attached hydrogens (tertiary/aromatic N) is 1. The minimum atomic E-state index is -0.934. The molecule has 1 atom stereocenters. The van der Waals surface area contributed by atoms with Gasteiger partial charge in [-0.05, 0) is 0 Å². The van der Waals surface area contributed by atoms with Gasteiger partial charge in [-0.2, -0.15) is 5.10 Å². The highest BCUT2D eigenvalue weighted by molar-refractivity contribution is 5.96. The first kappa shape index (κ1) is 10.2. The maximum atomic E-state index is 11.3. The molecule has 0 aromatic carbocycles. The van der Waals surface area contributed by atoms with E-state index in [1.807, 2.05) is 0 Å². The predicted octanol–water partition coefficient (Wildman–Crippen LogP) is -1.45. The number of H-pyrrole nitrogens is 1. The number of aromatic amines is 1. The maximum absolute atomic E-state index is 11.3. The van der Waals surface area contributed by atoms with Crippen LogP contribution in [0.3, 0.4) is 0 Å². The summed E-state index contributed by atoms with van der Waals surface area (Å²) >= 11 is 0. The smallest absolute Gasteiger partial charge is 0.242 e. The van der Waals surface area contributed by atoms with Crippen LogP contribution in [0.5, 0.6) is 0 Å². The van der Waals surface area contributed by atoms with Crippen LogP contribution in [0, 0.1) is 0 Å². The summed E-state index contributed by atoms with van der Waals surface area (Å²) < 4.78 is 0. The molecule has 0 saturated carbocycles. The third kappa shape index (κ3) is 2.87. The first-order valence-corrected chi connectivity index (χ1v) is 3.93. The van der Waals surface area contributed by atoms with Gasteiger partial charge in [0, 0.05) is 6.07 Å². The fraction of sp³-hybridized carbons (Fsp3) is 0.286. The molecule has 0 aliphatic heterocycles. The van der Waals surface area contributed by atoms with E-state index >= 15 is 0 Å². The van der Waals surface area contributed by atoms with Crippen molar-refractivity contribution < 1.29 is 9.59 Å². The quantitative estimate of drug-likeness (QED) is 0.471. The first-order chi connectivity index (χ1) is 6.59. The van der Waals surface area contributed by atoms with E-state index in [9.17, 15) is 9.59 Å². The molecule has 0 aliphatic rings. The zero-order valence-corrected chi connectivity index (χ0v) is 7.36. The average molecular weight is 197 g/mol. The number of hydrogen-bond acceptors (Lipinski definition) is 4. The zero-order valence-electron chi connectivity index (χ0n) is 7.36. The largest absolute Gasteiger partial charge is 0.370 e. The topological polar surface area (TPSA) is 127 Å². The van der Waals surface area contributed by atoms with E-state index in [-0.39, 0.29) is 6.42 Å². The number of amides is 2. The number of nitrogens with two attached hydrogens (primary N) is 2. The van der Waals surface area contributed by atoms with Gasteiger partial charge in [0.1, 0.15) is 5.82 Å². The molecule has 0 aliphatic carbocycles. The molecule has 0 bridgehead atoms. The lowest BCUT2D eigenvalue weighted by atomic mass is 10.2. The molecule has 1 aromatic rings. The molecule has 1 heterocycles. The van der Waals surface area contributed by atoms with Crippen LogP contribution in [0.15, 0.2) is 12.3 Å². The molecule has 0 spiro atoms. The van der Waals surface area contributed by atoms with Crippen LogP contribution >= 0.6 is 0 Å². The highest BCUT2D eigenvalue weighted by Crippen LogP contribution is 1.99. The van der Waals surface area contributed by atoms with Crippen LogP contribution in [0.25, 0.3) is 0 Å². The molecular weight excluding hydrogens is 186 g/mol. The molecule has 1 unspecified atom stereocenters. The molecule has 76 valence electrons. The molecule has 7 nitrogen and oxygen atoms in total. The first-order valence-electron chi connectivity index (χ1n) is 3.93. The number of carbonyl (C=O) groups excluding carboxylic acids is 2. The van der Waals surface area contributed by atoms with Gasteiger partial charge in [-0.25, -0.2) is 0 Å². The SMILES string of the molecule is NC(=O)CC(N)C(=O)Nc1ccn[nH]1. The highest BCUT2D eigenvalue weighted by Gasteiger charge is 2.16. The third-order valence-electron chi connectivity index (χ3n) is 1.52. The van der Waals surface area contributed by atoms with Crippen molar-refractivity contribution in [2.75, 3.05) is 5.32 Å². The zero-order chi connectivity index (χ0) is 10.6. The van der Waals surface area contributed by atoms with Crippen LogP contribution < -0.4 is 16.8 Å². The molecule has 1 aromatic heterocycles. The van der Waals surface area contributed by atoms with Gasteiger partial charge >= 0.3 is 0 Å². The molecule has 7 heteroatoms. The van der Waals surface area contributed by atoms with Crippen molar-refractivity contribution in [1.82, 2.24) is 10.2 Å². The molecule has 1 rings (SSSR count). The van der Waals surface area contributed by atoms with Crippen molar-refractivity contribution in [3.8, 4) is 0 Å². The number of carbonyl (C=O) groups is 2. The Morgan fingerprint density at radius 1 is 1.64 bits per heavy atom. The van der Waals surface area contributed by atoms with Gasteiger partial charge in [0.15, 0.2) is 0 Å². The fourth-order valence-electron chi connectivity index (χ4n) is 0.860. The van der Waals surface area contributed by atoms with Crippen molar-refractivity contribution in [3.63, 3.8) is 0 Å². The Morgan fingerprint density at radius 2 is 2.36 bits per heavy atom. The lowest BCUT2D eigenvalue weighted by Crippen LogP contribution is -2.39. The van der Waals surface area contributed by atoms with Crippen molar-refractivity contribution in [2.24, 2.45) is 11.5 Å². The van der Waals surface area contributed by atoms with E-state index in [2.05, 4.69) is 15.5 Å². The molecule has 0 fully saturated rings. The second-order valence-corrected chi connectivity index (χ2v) is 2.74. The minimum Gasteiger partial charge on any atom is -0.370 e. The van der Waals surface area contributed by atoms with Gasteiger partial charge in [0.2, 0.25) is 11.8 Å². The maximum Gasteiger partial charge on any atom is 0.242 e. The summed E-state index contributed by atoms with van der Waals surface area (Å²) in [6, 6.07) is 0.630. The van der Waals surface area contributed by atoms with Gasteiger partial charge in [-0.1, -0.05) is 0 Å². The minimum absolute atomic E-state index is 0.181. The molecule has 6 N–H and O–H groups in total. The van der Waals surface area contributed by atoms with Crippen LogP contribution in [-0.4, -0.2) is 28.1 Å². The van der Waals surface area contributed by atoms with E-state index < -0.39 is 17.9 Å². The number of hydrogen-bond donors (Lipinski definition) is 4. The summed E-state index contributed by atoms with van der Waals surface area (Å²) in [6.45, 7) is 0. The van der Waals surface area contributed by atoms with Crippen molar-refractivity contribution in [3.05, 3.63) is 12.3 Å². The van der Waals surface area contributed by atoms with Gasteiger partial charge in [-0.3, -0.25) is 14.7 Å². The summed E-state index contributed by atoms with van der Waals surface area (Å²) in [7, 11) is 0. The second-order valence-electron chi connectivity index (χ2n) is 2.74. The van der Waals surface area contributed by atoms with E-state index in [1.165, 1.54) is 6.20 Å². The van der Waals surface area contributed by atoms with Gasteiger partial charge < -0.3 is 16.8 Å². The van der Waals surface area contributed by atoms with Crippen molar-refractivity contribution >= 4 is 17.6 Å². The summed E-state index contributed by atoms with van der Waals surface area (Å²) in [6.07, 6.45) is 1.30. The normalized spacial score (nSPS) is 12.1. The van der Waals surface area contributed by atoms with Crippen LogP contribution in [0.4, 0.5) is 5.82 Å². The second kappa shape index (κ2) is 4.38. The van der Waals surface area contributed by atoms with E-state index in [4.69, 9.17) is 11.5 Å². The third-order valence-corrected chi connectivity index (χ3v) is 1.52. The summed E-state index contributed by atoms with van der Waals surface area (Å²) in [5, 5.41) is 8.58. The Kier molecular flexibility index (Phi) is 3.19. The Balaban J connectivity index is 2.46. The Morgan fingerprint density at radius 3 is 2.86 bits per heavy atom. The highest BCUT2D eigenvalue weighted by atomic mass is 16.2. The Bertz CT molecular complexity index is 321. The molecular formula is C7H11N5O2. The van der Waals surface area contributed by atoms with Gasteiger partial charge in [-0.15, -0.1) is 0 Å². The number of anilines is 1. The average Bonchev–Trinajstić information content (AvgIpc) is 2.55. The molecule has 14 heavy (non-hydrogen) atoms. The number of primary amides is 1. The Labute approximate surface area is 79.8 Å².